The van der Waals surface area contributed by atoms with Crippen molar-refractivity contribution in [2.45, 2.75) is 38.3 Å². The number of methoxy groups -OCH3 is 1. The maximum absolute atomic E-state index is 12.5. The zero-order valence-corrected chi connectivity index (χ0v) is 13.3. The van der Waals surface area contributed by atoms with Gasteiger partial charge in [-0.25, -0.2) is 0 Å². The third kappa shape index (κ3) is 2.30. The molecular formula is C14H20N4O2S. The zero-order valence-electron chi connectivity index (χ0n) is 12.5. The van der Waals surface area contributed by atoms with Gasteiger partial charge >= 0.3 is 0 Å². The number of carbonyl (C=O) groups excluding carboxylic acids is 1. The summed E-state index contributed by atoms with van der Waals surface area (Å²) < 4.78 is 7.19. The summed E-state index contributed by atoms with van der Waals surface area (Å²) in [4.78, 5) is 14.0. The SMILES string of the molecule is COC1CCCC1NC(=O)c1sc2c(c(C)nn2C)c1N. The van der Waals surface area contributed by atoms with Gasteiger partial charge in [-0.05, 0) is 26.2 Å². The van der Waals surface area contributed by atoms with Gasteiger partial charge < -0.3 is 15.8 Å². The van der Waals surface area contributed by atoms with Gasteiger partial charge in [0.1, 0.15) is 9.71 Å². The van der Waals surface area contributed by atoms with Crippen LogP contribution in [0.3, 0.4) is 0 Å². The van der Waals surface area contributed by atoms with Gasteiger partial charge in [0.15, 0.2) is 0 Å². The number of aromatic nitrogens is 2. The Morgan fingerprint density at radius 3 is 2.95 bits per heavy atom. The molecule has 1 saturated carbocycles. The van der Waals surface area contributed by atoms with E-state index < -0.39 is 0 Å². The van der Waals surface area contributed by atoms with Crippen LogP contribution in [0.2, 0.25) is 0 Å². The Morgan fingerprint density at radius 2 is 2.29 bits per heavy atom. The highest BCUT2D eigenvalue weighted by Crippen LogP contribution is 2.35. The van der Waals surface area contributed by atoms with Crippen molar-refractivity contribution < 1.29 is 9.53 Å². The highest BCUT2D eigenvalue weighted by Gasteiger charge is 2.30. The lowest BCUT2D eigenvalue weighted by Gasteiger charge is -2.19. The summed E-state index contributed by atoms with van der Waals surface area (Å²) in [6.07, 6.45) is 3.13. The topological polar surface area (TPSA) is 82.2 Å². The predicted molar refractivity (Wildman–Crippen MR) is 83.6 cm³/mol. The number of rotatable bonds is 3. The standard InChI is InChI=1S/C14H20N4O2S/c1-7-10-11(15)12(21-14(10)18(2)17-7)13(19)16-8-5-4-6-9(8)20-3/h8-9H,4-6,15H2,1-3H3,(H,16,19). The normalized spacial score (nSPS) is 22.0. The monoisotopic (exact) mass is 308 g/mol. The highest BCUT2D eigenvalue weighted by atomic mass is 32.1. The summed E-state index contributed by atoms with van der Waals surface area (Å²) in [5, 5.41) is 8.29. The van der Waals surface area contributed by atoms with Gasteiger partial charge in [-0.15, -0.1) is 11.3 Å². The molecule has 2 unspecified atom stereocenters. The van der Waals surface area contributed by atoms with E-state index in [0.717, 1.165) is 35.2 Å². The van der Waals surface area contributed by atoms with Crippen molar-refractivity contribution in [1.29, 1.82) is 0 Å². The van der Waals surface area contributed by atoms with E-state index in [1.165, 1.54) is 11.3 Å². The van der Waals surface area contributed by atoms with Crippen molar-refractivity contribution in [1.82, 2.24) is 15.1 Å². The Morgan fingerprint density at radius 1 is 1.52 bits per heavy atom. The molecule has 1 aliphatic rings. The summed E-state index contributed by atoms with van der Waals surface area (Å²) in [6, 6.07) is 0.0753. The largest absolute Gasteiger partial charge is 0.397 e. The third-order valence-electron chi connectivity index (χ3n) is 4.16. The van der Waals surface area contributed by atoms with Crippen molar-refractivity contribution in [3.05, 3.63) is 10.6 Å². The van der Waals surface area contributed by atoms with Gasteiger partial charge in [0.05, 0.1) is 28.9 Å². The minimum Gasteiger partial charge on any atom is -0.397 e. The quantitative estimate of drug-likeness (QED) is 0.906. The molecule has 2 aromatic heterocycles. The van der Waals surface area contributed by atoms with Crippen molar-refractivity contribution in [2.75, 3.05) is 12.8 Å². The number of amides is 1. The van der Waals surface area contributed by atoms with Gasteiger partial charge in [0, 0.05) is 14.2 Å². The van der Waals surface area contributed by atoms with Crippen LogP contribution in [0.25, 0.3) is 10.2 Å². The first kappa shape index (κ1) is 14.3. The Bertz CT molecular complexity index is 691. The second-order valence-corrected chi connectivity index (χ2v) is 6.52. The number of nitrogens with one attached hydrogen (secondary N) is 1. The van der Waals surface area contributed by atoms with E-state index in [2.05, 4.69) is 10.4 Å². The first-order chi connectivity index (χ1) is 10.0. The molecule has 0 bridgehead atoms. The summed E-state index contributed by atoms with van der Waals surface area (Å²) in [5.41, 5.74) is 7.55. The predicted octanol–water partition coefficient (Wildman–Crippen LogP) is 1.82. The van der Waals surface area contributed by atoms with E-state index in [9.17, 15) is 4.79 Å². The van der Waals surface area contributed by atoms with E-state index in [4.69, 9.17) is 10.5 Å². The van der Waals surface area contributed by atoms with Gasteiger partial charge in [0.2, 0.25) is 0 Å². The van der Waals surface area contributed by atoms with Crippen LogP contribution in [0, 0.1) is 6.92 Å². The molecule has 3 rings (SSSR count). The average molecular weight is 308 g/mol. The lowest BCUT2D eigenvalue weighted by molar-refractivity contribution is 0.0725. The molecule has 2 aromatic rings. The minimum atomic E-state index is -0.109. The Hall–Kier alpha value is -1.60. The fourth-order valence-electron chi connectivity index (χ4n) is 3.11. The van der Waals surface area contributed by atoms with Gasteiger partial charge in [-0.2, -0.15) is 5.10 Å². The number of nitrogens with zero attached hydrogens (tertiary/aromatic N) is 2. The Balaban J connectivity index is 1.88. The molecule has 0 saturated heterocycles. The van der Waals surface area contributed by atoms with E-state index in [-0.39, 0.29) is 18.1 Å². The molecular weight excluding hydrogens is 288 g/mol. The molecule has 3 N–H and O–H groups in total. The zero-order chi connectivity index (χ0) is 15.1. The molecule has 114 valence electrons. The van der Waals surface area contributed by atoms with E-state index >= 15 is 0 Å². The van der Waals surface area contributed by atoms with Crippen LogP contribution in [0.5, 0.6) is 0 Å². The maximum Gasteiger partial charge on any atom is 0.263 e. The van der Waals surface area contributed by atoms with E-state index in [1.54, 1.807) is 11.8 Å². The molecule has 0 aliphatic heterocycles. The number of nitrogens with two attached hydrogens (primary N) is 1. The third-order valence-corrected chi connectivity index (χ3v) is 5.43. The summed E-state index contributed by atoms with van der Waals surface area (Å²) in [6.45, 7) is 1.91. The van der Waals surface area contributed by atoms with E-state index in [0.29, 0.717) is 10.6 Å². The highest BCUT2D eigenvalue weighted by molar-refractivity contribution is 7.21. The first-order valence-corrected chi connectivity index (χ1v) is 7.89. The average Bonchev–Trinajstić information content (AvgIpc) is 3.08. The van der Waals surface area contributed by atoms with Gasteiger partial charge in [-0.1, -0.05) is 0 Å². The fourth-order valence-corrected chi connectivity index (χ4v) is 4.19. The second kappa shape index (κ2) is 5.31. The second-order valence-electron chi connectivity index (χ2n) is 5.52. The van der Waals surface area contributed by atoms with Gasteiger partial charge in [-0.3, -0.25) is 9.48 Å². The van der Waals surface area contributed by atoms with Crippen molar-refractivity contribution in [3.63, 3.8) is 0 Å². The number of aryl methyl sites for hydroxylation is 2. The molecule has 0 radical (unpaired) electrons. The van der Waals surface area contributed by atoms with Crippen LogP contribution in [0.1, 0.15) is 34.6 Å². The molecule has 6 nitrogen and oxygen atoms in total. The molecule has 1 aliphatic carbocycles. The molecule has 2 heterocycles. The van der Waals surface area contributed by atoms with Gasteiger partial charge in [0.25, 0.3) is 5.91 Å². The Labute approximate surface area is 127 Å². The van der Waals surface area contributed by atoms with Crippen LogP contribution in [0.15, 0.2) is 0 Å². The number of hydrogen-bond donors (Lipinski definition) is 2. The maximum atomic E-state index is 12.5. The number of anilines is 1. The van der Waals surface area contributed by atoms with Crippen LogP contribution in [0.4, 0.5) is 5.69 Å². The lowest BCUT2D eigenvalue weighted by Crippen LogP contribution is -2.40. The number of ether oxygens (including phenoxy) is 1. The van der Waals surface area contributed by atoms with Crippen molar-refractivity contribution in [2.24, 2.45) is 7.05 Å². The summed E-state index contributed by atoms with van der Waals surface area (Å²) in [5.74, 6) is -0.109. The number of hydrogen-bond acceptors (Lipinski definition) is 5. The fraction of sp³-hybridized carbons (Fsp3) is 0.571. The summed E-state index contributed by atoms with van der Waals surface area (Å²) in [7, 11) is 3.56. The number of carbonyl (C=O) groups is 1. The molecule has 7 heteroatoms. The van der Waals surface area contributed by atoms with Crippen molar-refractivity contribution in [3.8, 4) is 0 Å². The lowest BCUT2D eigenvalue weighted by atomic mass is 10.2. The number of nitrogen functional groups attached to an aromatic ring is 1. The molecule has 2 atom stereocenters. The van der Waals surface area contributed by atoms with Crippen LogP contribution in [-0.4, -0.2) is 34.9 Å². The van der Waals surface area contributed by atoms with Crippen LogP contribution < -0.4 is 11.1 Å². The van der Waals surface area contributed by atoms with E-state index in [1.807, 2.05) is 14.0 Å². The van der Waals surface area contributed by atoms with Crippen LogP contribution >= 0.6 is 11.3 Å². The van der Waals surface area contributed by atoms with Crippen LogP contribution in [-0.2, 0) is 11.8 Å². The summed E-state index contributed by atoms with van der Waals surface area (Å²) >= 11 is 1.39. The smallest absolute Gasteiger partial charge is 0.263 e. The molecule has 1 amide bonds. The molecule has 0 spiro atoms. The molecule has 1 fully saturated rings. The Kier molecular flexibility index (Phi) is 3.62. The number of thiophene rings is 1. The number of fused-ring (bicyclic) bond motifs is 1. The molecule has 0 aromatic carbocycles. The first-order valence-electron chi connectivity index (χ1n) is 7.08. The minimum absolute atomic E-state index is 0.0753. The van der Waals surface area contributed by atoms with Crippen molar-refractivity contribution >= 4 is 33.1 Å². The molecule has 21 heavy (non-hydrogen) atoms.